The summed E-state index contributed by atoms with van der Waals surface area (Å²) in [7, 11) is 1.50. The summed E-state index contributed by atoms with van der Waals surface area (Å²) in [6.07, 6.45) is -1.27. The topological polar surface area (TPSA) is 76.1 Å². The SMILES string of the molecule is COc1ccsc1C(=O)N1CC(C(=O)O)O[C@H](C)C1. The molecular weight excluding hydrogens is 270 g/mol. The Morgan fingerprint density at radius 1 is 1.53 bits per heavy atom. The number of thiophene rings is 1. The van der Waals surface area contributed by atoms with E-state index in [-0.39, 0.29) is 18.6 Å². The number of hydrogen-bond acceptors (Lipinski definition) is 5. The monoisotopic (exact) mass is 285 g/mol. The molecule has 0 radical (unpaired) electrons. The molecule has 0 saturated carbocycles. The molecule has 0 spiro atoms. The third kappa shape index (κ3) is 2.87. The van der Waals surface area contributed by atoms with Crippen LogP contribution in [0.2, 0.25) is 0 Å². The van der Waals surface area contributed by atoms with Crippen LogP contribution in [0.1, 0.15) is 16.6 Å². The Labute approximate surface area is 114 Å². The van der Waals surface area contributed by atoms with Crippen molar-refractivity contribution < 1.29 is 24.2 Å². The number of nitrogens with zero attached hydrogens (tertiary/aromatic N) is 1. The van der Waals surface area contributed by atoms with E-state index >= 15 is 0 Å². The molecule has 0 bridgehead atoms. The first-order valence-corrected chi connectivity index (χ1v) is 6.70. The van der Waals surface area contributed by atoms with E-state index in [2.05, 4.69) is 0 Å². The summed E-state index contributed by atoms with van der Waals surface area (Å²) in [5.74, 6) is -0.753. The second-order valence-corrected chi connectivity index (χ2v) is 5.22. The Morgan fingerprint density at radius 2 is 2.26 bits per heavy atom. The highest BCUT2D eigenvalue weighted by Gasteiger charge is 2.34. The average Bonchev–Trinajstić information content (AvgIpc) is 2.85. The van der Waals surface area contributed by atoms with Gasteiger partial charge in [0.25, 0.3) is 5.91 Å². The third-order valence-electron chi connectivity index (χ3n) is 2.87. The predicted molar refractivity (Wildman–Crippen MR) is 68.7 cm³/mol. The van der Waals surface area contributed by atoms with Crippen molar-refractivity contribution in [2.45, 2.75) is 19.1 Å². The van der Waals surface area contributed by atoms with Gasteiger partial charge in [-0.05, 0) is 18.4 Å². The average molecular weight is 285 g/mol. The Hall–Kier alpha value is -1.60. The van der Waals surface area contributed by atoms with Crippen molar-refractivity contribution in [1.29, 1.82) is 0 Å². The molecular formula is C12H15NO5S. The smallest absolute Gasteiger partial charge is 0.334 e. The molecule has 1 saturated heterocycles. The van der Waals surface area contributed by atoms with Crippen molar-refractivity contribution in [2.24, 2.45) is 0 Å². The highest BCUT2D eigenvalue weighted by atomic mass is 32.1. The molecule has 1 fully saturated rings. The zero-order chi connectivity index (χ0) is 14.0. The molecule has 2 atom stereocenters. The summed E-state index contributed by atoms with van der Waals surface area (Å²) < 4.78 is 10.4. The first-order chi connectivity index (χ1) is 9.02. The maximum Gasteiger partial charge on any atom is 0.334 e. The van der Waals surface area contributed by atoms with Crippen molar-refractivity contribution in [3.8, 4) is 5.75 Å². The number of carbonyl (C=O) groups excluding carboxylic acids is 1. The van der Waals surface area contributed by atoms with Crippen LogP contribution in [0, 0.1) is 0 Å². The number of hydrogen-bond donors (Lipinski definition) is 1. The first-order valence-electron chi connectivity index (χ1n) is 5.82. The molecule has 19 heavy (non-hydrogen) atoms. The van der Waals surface area contributed by atoms with Gasteiger partial charge < -0.3 is 19.5 Å². The van der Waals surface area contributed by atoms with E-state index in [9.17, 15) is 9.59 Å². The molecule has 2 heterocycles. The molecule has 0 aromatic carbocycles. The van der Waals surface area contributed by atoms with E-state index in [4.69, 9.17) is 14.6 Å². The second kappa shape index (κ2) is 5.58. The zero-order valence-corrected chi connectivity index (χ0v) is 11.5. The number of amides is 1. The Bertz CT molecular complexity index is 486. The molecule has 1 aromatic heterocycles. The summed E-state index contributed by atoms with van der Waals surface area (Å²) in [5, 5.41) is 10.8. The zero-order valence-electron chi connectivity index (χ0n) is 10.7. The van der Waals surface area contributed by atoms with E-state index in [1.165, 1.54) is 23.3 Å². The van der Waals surface area contributed by atoms with E-state index in [0.29, 0.717) is 17.2 Å². The van der Waals surface area contributed by atoms with Crippen LogP contribution in [-0.2, 0) is 9.53 Å². The predicted octanol–water partition coefficient (Wildman–Crippen LogP) is 1.07. The highest BCUT2D eigenvalue weighted by Crippen LogP contribution is 2.27. The quantitative estimate of drug-likeness (QED) is 0.899. The summed E-state index contributed by atoms with van der Waals surface area (Å²) >= 11 is 1.28. The molecule has 1 aliphatic rings. The summed E-state index contributed by atoms with van der Waals surface area (Å²) in [6, 6.07) is 1.72. The van der Waals surface area contributed by atoms with Gasteiger partial charge in [-0.2, -0.15) is 0 Å². The lowest BCUT2D eigenvalue weighted by atomic mass is 10.2. The number of rotatable bonds is 3. The molecule has 104 valence electrons. The largest absolute Gasteiger partial charge is 0.495 e. The van der Waals surface area contributed by atoms with Gasteiger partial charge in [-0.3, -0.25) is 4.79 Å². The fraction of sp³-hybridized carbons (Fsp3) is 0.500. The van der Waals surface area contributed by atoms with Crippen molar-refractivity contribution in [1.82, 2.24) is 4.90 Å². The number of carbonyl (C=O) groups is 2. The summed E-state index contributed by atoms with van der Waals surface area (Å²) in [6.45, 7) is 2.18. The minimum atomic E-state index is -1.05. The van der Waals surface area contributed by atoms with Crippen molar-refractivity contribution in [2.75, 3.05) is 20.2 Å². The minimum absolute atomic E-state index is 0.0551. The van der Waals surface area contributed by atoms with Crippen molar-refractivity contribution in [3.05, 3.63) is 16.3 Å². The van der Waals surface area contributed by atoms with Crippen LogP contribution in [0.15, 0.2) is 11.4 Å². The van der Waals surface area contributed by atoms with Crippen LogP contribution >= 0.6 is 11.3 Å². The number of ether oxygens (including phenoxy) is 2. The van der Waals surface area contributed by atoms with Crippen molar-refractivity contribution in [3.63, 3.8) is 0 Å². The number of carboxylic acid groups (broad SMARTS) is 1. The molecule has 7 heteroatoms. The van der Waals surface area contributed by atoms with Crippen LogP contribution in [-0.4, -0.2) is 54.3 Å². The number of morpholine rings is 1. The molecule has 1 aliphatic heterocycles. The Kier molecular flexibility index (Phi) is 4.06. The van der Waals surface area contributed by atoms with E-state index in [1.54, 1.807) is 18.4 Å². The van der Waals surface area contributed by atoms with Gasteiger partial charge in [0.2, 0.25) is 0 Å². The van der Waals surface area contributed by atoms with Gasteiger partial charge in [0.15, 0.2) is 6.10 Å². The van der Waals surface area contributed by atoms with Crippen LogP contribution in [0.5, 0.6) is 5.75 Å². The van der Waals surface area contributed by atoms with Gasteiger partial charge in [0.05, 0.1) is 19.8 Å². The van der Waals surface area contributed by atoms with Crippen LogP contribution in [0.4, 0.5) is 0 Å². The van der Waals surface area contributed by atoms with Crippen LogP contribution in [0.3, 0.4) is 0 Å². The Balaban J connectivity index is 2.16. The summed E-state index contributed by atoms with van der Waals surface area (Å²) in [4.78, 5) is 25.3. The van der Waals surface area contributed by atoms with E-state index < -0.39 is 12.1 Å². The lowest BCUT2D eigenvalue weighted by Crippen LogP contribution is -2.51. The molecule has 2 rings (SSSR count). The molecule has 6 nitrogen and oxygen atoms in total. The second-order valence-electron chi connectivity index (χ2n) is 4.30. The Morgan fingerprint density at radius 3 is 2.89 bits per heavy atom. The molecule has 0 aliphatic carbocycles. The molecule has 1 amide bonds. The van der Waals surface area contributed by atoms with Crippen LogP contribution in [0.25, 0.3) is 0 Å². The number of methoxy groups -OCH3 is 1. The molecule has 1 N–H and O–H groups in total. The third-order valence-corrected chi connectivity index (χ3v) is 3.75. The van der Waals surface area contributed by atoms with Gasteiger partial charge in [0.1, 0.15) is 10.6 Å². The summed E-state index contributed by atoms with van der Waals surface area (Å²) in [5.41, 5.74) is 0. The normalized spacial score (nSPS) is 23.2. The fourth-order valence-corrected chi connectivity index (χ4v) is 2.84. The van der Waals surface area contributed by atoms with Crippen molar-refractivity contribution >= 4 is 23.2 Å². The lowest BCUT2D eigenvalue weighted by molar-refractivity contribution is -0.160. The van der Waals surface area contributed by atoms with E-state index in [0.717, 1.165) is 0 Å². The van der Waals surface area contributed by atoms with Gasteiger partial charge in [-0.25, -0.2) is 4.79 Å². The first kappa shape index (κ1) is 13.8. The standard InChI is InChI=1S/C12H15NO5S/c1-7-5-13(6-9(18-7)12(15)16)11(14)10-8(17-2)3-4-19-10/h3-4,7,9H,5-6H2,1-2H3,(H,15,16)/t7-,9?/m1/s1. The van der Waals surface area contributed by atoms with Gasteiger partial charge in [0, 0.05) is 6.54 Å². The minimum Gasteiger partial charge on any atom is -0.495 e. The molecule has 1 aromatic rings. The van der Waals surface area contributed by atoms with E-state index in [1.807, 2.05) is 0 Å². The molecule has 1 unspecified atom stereocenters. The maximum absolute atomic E-state index is 12.4. The lowest BCUT2D eigenvalue weighted by Gasteiger charge is -2.34. The van der Waals surface area contributed by atoms with Gasteiger partial charge in [-0.15, -0.1) is 11.3 Å². The highest BCUT2D eigenvalue weighted by molar-refractivity contribution is 7.12. The maximum atomic E-state index is 12.4. The van der Waals surface area contributed by atoms with Gasteiger partial charge >= 0.3 is 5.97 Å². The fourth-order valence-electron chi connectivity index (χ4n) is 2.01. The van der Waals surface area contributed by atoms with Crippen LogP contribution < -0.4 is 4.74 Å². The number of carboxylic acids is 1. The van der Waals surface area contributed by atoms with Gasteiger partial charge in [-0.1, -0.05) is 0 Å². The number of aliphatic carboxylic acids is 1.